The summed E-state index contributed by atoms with van der Waals surface area (Å²) in [5, 5.41) is 8.92. The number of fused-ring (bicyclic) bond motifs is 1. The van der Waals surface area contributed by atoms with Gasteiger partial charge in [-0.05, 0) is 35.6 Å². The molecule has 0 radical (unpaired) electrons. The highest BCUT2D eigenvalue weighted by molar-refractivity contribution is 5.76. The van der Waals surface area contributed by atoms with Crippen molar-refractivity contribution in [3.8, 4) is 11.1 Å². The Morgan fingerprint density at radius 1 is 0.829 bits per heavy atom. The van der Waals surface area contributed by atoms with Crippen LogP contribution in [0.15, 0.2) is 85.7 Å². The van der Waals surface area contributed by atoms with Gasteiger partial charge in [-0.1, -0.05) is 42.5 Å². The normalized spacial score (nSPS) is 14.2. The minimum absolute atomic E-state index is 0.816. The quantitative estimate of drug-likeness (QED) is 0.376. The molecule has 4 aromatic heterocycles. The van der Waals surface area contributed by atoms with Crippen LogP contribution in [0.3, 0.4) is 0 Å². The van der Waals surface area contributed by atoms with E-state index in [0.29, 0.717) is 0 Å². The average Bonchev–Trinajstić information content (AvgIpc) is 3.44. The predicted octanol–water partition coefficient (Wildman–Crippen LogP) is 4.80. The first-order valence-electron chi connectivity index (χ1n) is 12.0. The van der Waals surface area contributed by atoms with E-state index in [-0.39, 0.29) is 0 Å². The van der Waals surface area contributed by atoms with Gasteiger partial charge in [0.05, 0.1) is 23.6 Å². The number of hydrogen-bond acceptors (Lipinski definition) is 5. The second-order valence-electron chi connectivity index (χ2n) is 9.04. The minimum atomic E-state index is 0.816. The first kappa shape index (κ1) is 21.3. The number of pyridine rings is 1. The van der Waals surface area contributed by atoms with E-state index in [1.807, 2.05) is 53.3 Å². The molecular formula is C28H27N7. The lowest BCUT2D eigenvalue weighted by Crippen LogP contribution is -2.23. The third-order valence-corrected chi connectivity index (χ3v) is 6.55. The van der Waals surface area contributed by atoms with Gasteiger partial charge in [-0.15, -0.1) is 0 Å². The molecule has 1 aliphatic rings. The molecule has 5 heterocycles. The number of aryl methyl sites for hydroxylation is 1. The molecule has 0 unspecified atom stereocenters. The van der Waals surface area contributed by atoms with Gasteiger partial charge in [0.1, 0.15) is 0 Å². The molecule has 174 valence electrons. The van der Waals surface area contributed by atoms with Crippen LogP contribution in [0.4, 0.5) is 5.69 Å². The Morgan fingerprint density at radius 2 is 1.69 bits per heavy atom. The number of benzene rings is 1. The zero-order valence-electron chi connectivity index (χ0n) is 19.7. The van der Waals surface area contributed by atoms with E-state index < -0.39 is 0 Å². The number of anilines is 1. The summed E-state index contributed by atoms with van der Waals surface area (Å²) in [7, 11) is 1.93. The average molecular weight is 462 g/mol. The summed E-state index contributed by atoms with van der Waals surface area (Å²) in [5.74, 6) is 0.838. The highest BCUT2D eigenvalue weighted by Crippen LogP contribution is 2.28. The van der Waals surface area contributed by atoms with Crippen LogP contribution >= 0.6 is 0 Å². The van der Waals surface area contributed by atoms with Gasteiger partial charge < -0.3 is 4.90 Å². The monoisotopic (exact) mass is 461 g/mol. The Hall–Kier alpha value is -4.26. The van der Waals surface area contributed by atoms with Gasteiger partial charge >= 0.3 is 0 Å². The first-order valence-corrected chi connectivity index (χ1v) is 12.0. The molecule has 0 fully saturated rings. The van der Waals surface area contributed by atoms with E-state index in [2.05, 4.69) is 63.8 Å². The topological polar surface area (TPSA) is 64.1 Å². The fourth-order valence-electron chi connectivity index (χ4n) is 4.69. The lowest BCUT2D eigenvalue weighted by molar-refractivity contribution is 0.768. The van der Waals surface area contributed by atoms with Gasteiger partial charge in [0.15, 0.2) is 5.82 Å². The maximum atomic E-state index is 4.70. The second-order valence-corrected chi connectivity index (χ2v) is 9.04. The lowest BCUT2D eigenvalue weighted by Gasteiger charge is -2.20. The summed E-state index contributed by atoms with van der Waals surface area (Å²) < 4.78 is 3.78. The van der Waals surface area contributed by atoms with E-state index in [4.69, 9.17) is 9.97 Å². The van der Waals surface area contributed by atoms with E-state index in [1.54, 1.807) is 0 Å². The molecule has 0 amide bonds. The van der Waals surface area contributed by atoms with Crippen molar-refractivity contribution in [3.63, 3.8) is 0 Å². The van der Waals surface area contributed by atoms with Crippen LogP contribution in [0.25, 0.3) is 22.2 Å². The van der Waals surface area contributed by atoms with E-state index in [0.717, 1.165) is 66.1 Å². The van der Waals surface area contributed by atoms with Gasteiger partial charge in [0, 0.05) is 62.5 Å². The van der Waals surface area contributed by atoms with Crippen molar-refractivity contribution in [2.75, 3.05) is 18.0 Å². The Kier molecular flexibility index (Phi) is 5.58. The molecule has 5 aromatic rings. The minimum Gasteiger partial charge on any atom is -0.365 e. The number of nitrogens with zero attached hydrogens (tertiary/aromatic N) is 7. The van der Waals surface area contributed by atoms with Gasteiger partial charge in [0.2, 0.25) is 0 Å². The molecular weight excluding hydrogens is 434 g/mol. The number of allylic oxidation sites excluding steroid dienone is 1. The lowest BCUT2D eigenvalue weighted by atomic mass is 10.1. The van der Waals surface area contributed by atoms with Crippen molar-refractivity contribution >= 4 is 16.8 Å². The maximum Gasteiger partial charge on any atom is 0.154 e. The Bertz CT molecular complexity index is 1480. The van der Waals surface area contributed by atoms with Crippen LogP contribution in [-0.4, -0.2) is 42.5 Å². The van der Waals surface area contributed by atoms with Crippen molar-refractivity contribution in [1.29, 1.82) is 0 Å². The Morgan fingerprint density at radius 3 is 2.49 bits per heavy atom. The molecule has 1 aromatic carbocycles. The number of hydrogen-bond donors (Lipinski definition) is 0. The third-order valence-electron chi connectivity index (χ3n) is 6.55. The summed E-state index contributed by atoms with van der Waals surface area (Å²) in [4.78, 5) is 11.8. The zero-order chi connectivity index (χ0) is 23.6. The third kappa shape index (κ3) is 4.45. The molecule has 0 atom stereocenters. The van der Waals surface area contributed by atoms with Gasteiger partial charge in [0.25, 0.3) is 0 Å². The fourth-order valence-corrected chi connectivity index (χ4v) is 4.69. The van der Waals surface area contributed by atoms with Crippen LogP contribution in [0.1, 0.15) is 29.8 Å². The first-order chi connectivity index (χ1) is 17.2. The van der Waals surface area contributed by atoms with Crippen LogP contribution in [0.5, 0.6) is 0 Å². The molecule has 7 nitrogen and oxygen atoms in total. The molecule has 0 saturated carbocycles. The van der Waals surface area contributed by atoms with Gasteiger partial charge in [-0.2, -0.15) is 10.2 Å². The molecule has 0 bridgehead atoms. The van der Waals surface area contributed by atoms with Gasteiger partial charge in [-0.3, -0.25) is 4.68 Å². The number of rotatable bonds is 5. The SMILES string of the molecule is Cn1cc(-c2ccc3c(N4CC=C(c5ncc(Cc6ccccc6)cn5)CCC4)cnn3c2)cn1. The second kappa shape index (κ2) is 9.18. The van der Waals surface area contributed by atoms with Crippen molar-refractivity contribution in [2.45, 2.75) is 19.3 Å². The molecule has 0 spiro atoms. The largest absolute Gasteiger partial charge is 0.365 e. The molecule has 0 aliphatic carbocycles. The smallest absolute Gasteiger partial charge is 0.154 e. The highest BCUT2D eigenvalue weighted by atomic mass is 15.3. The Labute approximate surface area is 204 Å². The van der Waals surface area contributed by atoms with E-state index in [9.17, 15) is 0 Å². The maximum absolute atomic E-state index is 4.70. The summed E-state index contributed by atoms with van der Waals surface area (Å²) in [6.07, 6.45) is 17.0. The van der Waals surface area contributed by atoms with Gasteiger partial charge in [-0.25, -0.2) is 14.5 Å². The van der Waals surface area contributed by atoms with Crippen molar-refractivity contribution in [3.05, 3.63) is 103 Å². The molecule has 0 saturated heterocycles. The van der Waals surface area contributed by atoms with Crippen LogP contribution < -0.4 is 4.90 Å². The molecule has 6 rings (SSSR count). The molecule has 1 aliphatic heterocycles. The number of aromatic nitrogens is 6. The van der Waals surface area contributed by atoms with E-state index in [1.165, 1.54) is 11.1 Å². The van der Waals surface area contributed by atoms with Crippen LogP contribution in [0.2, 0.25) is 0 Å². The van der Waals surface area contributed by atoms with Crippen molar-refractivity contribution < 1.29 is 0 Å². The van der Waals surface area contributed by atoms with Crippen molar-refractivity contribution in [1.82, 2.24) is 29.4 Å². The fraction of sp³-hybridized carbons (Fsp3) is 0.214. The van der Waals surface area contributed by atoms with Crippen LogP contribution in [0, 0.1) is 0 Å². The highest BCUT2D eigenvalue weighted by Gasteiger charge is 2.17. The predicted molar refractivity (Wildman–Crippen MR) is 138 cm³/mol. The molecule has 35 heavy (non-hydrogen) atoms. The molecule has 7 heteroatoms. The zero-order valence-corrected chi connectivity index (χ0v) is 19.7. The summed E-state index contributed by atoms with van der Waals surface area (Å²) in [5.41, 5.74) is 8.07. The van der Waals surface area contributed by atoms with E-state index >= 15 is 0 Å². The Balaban J connectivity index is 1.19. The van der Waals surface area contributed by atoms with Crippen molar-refractivity contribution in [2.24, 2.45) is 7.05 Å². The molecule has 0 N–H and O–H groups in total. The summed E-state index contributed by atoms with van der Waals surface area (Å²) >= 11 is 0. The standard InChI is InChI=1S/C28H27N7/c1-33-19-25(17-31-33)24-9-10-26-27(18-32-35(26)20-24)34-12-5-8-23(11-13-34)28-29-15-22(16-30-28)14-21-6-3-2-4-7-21/h2-4,6-7,9-11,15-20H,5,8,12-14H2,1H3. The summed E-state index contributed by atoms with van der Waals surface area (Å²) in [6, 6.07) is 14.7. The summed E-state index contributed by atoms with van der Waals surface area (Å²) in [6.45, 7) is 1.79. The van der Waals surface area contributed by atoms with Crippen LogP contribution in [-0.2, 0) is 13.5 Å².